The quantitative estimate of drug-likeness (QED) is 0.854. The van der Waals surface area contributed by atoms with E-state index in [-0.39, 0.29) is 0 Å². The Bertz CT molecular complexity index is 881. The maximum atomic E-state index is 6.17. The number of pyridine rings is 1. The fraction of sp³-hybridized carbons (Fsp3) is 0.500. The molecule has 7 rings (SSSR count). The number of fused-ring (bicyclic) bond motifs is 1. The first-order valence-electron chi connectivity index (χ1n) is 10.1. The first-order chi connectivity index (χ1) is 12.8. The number of hydrogen-bond donors (Lipinski definition) is 2. The summed E-state index contributed by atoms with van der Waals surface area (Å²) in [6.45, 7) is 0. The second-order valence-corrected chi connectivity index (χ2v) is 8.73. The van der Waals surface area contributed by atoms with Crippen molar-refractivity contribution in [2.75, 3.05) is 0 Å². The minimum atomic E-state index is 0.630. The molecule has 4 aliphatic carbocycles. The zero-order valence-electron chi connectivity index (χ0n) is 14.9. The Morgan fingerprint density at radius 3 is 2.73 bits per heavy atom. The molecular formula is C22H25N3O. The van der Waals surface area contributed by atoms with Crippen molar-refractivity contribution in [1.29, 1.82) is 0 Å². The third-order valence-corrected chi connectivity index (χ3v) is 7.06. The van der Waals surface area contributed by atoms with E-state index >= 15 is 0 Å². The molecule has 0 unspecified atom stereocenters. The number of aromatic amines is 1. The first kappa shape index (κ1) is 14.9. The highest BCUT2D eigenvalue weighted by Crippen LogP contribution is 2.54. The van der Waals surface area contributed by atoms with Crippen LogP contribution in [-0.4, -0.2) is 16.0 Å². The highest BCUT2D eigenvalue weighted by Gasteiger charge is 2.48. The molecule has 2 aromatic rings. The van der Waals surface area contributed by atoms with Crippen molar-refractivity contribution >= 4 is 17.1 Å². The fourth-order valence-electron chi connectivity index (χ4n) is 6.19. The van der Waals surface area contributed by atoms with Gasteiger partial charge in [0.15, 0.2) is 5.88 Å². The smallest absolute Gasteiger partial charge is 0.189 e. The standard InChI is InChI=1S/C22H25N3O/c1-2-19-17(12-24-22(19)23-5-1)11-18-3-4-20(26-18)25-21-15-7-13-6-14(9-15)10-16(21)8-13/h1-2,4-5,11-16,21,25H,3,6-10H2,(H,23,24). The number of allylic oxidation sites excluding steroid dienone is 1. The predicted octanol–water partition coefficient (Wildman–Crippen LogP) is 4.58. The van der Waals surface area contributed by atoms with Gasteiger partial charge in [0.2, 0.25) is 0 Å². The molecule has 4 fully saturated rings. The second kappa shape index (κ2) is 5.63. The molecule has 4 saturated carbocycles. The third-order valence-electron chi connectivity index (χ3n) is 7.06. The molecule has 0 radical (unpaired) electrons. The van der Waals surface area contributed by atoms with Crippen molar-refractivity contribution in [1.82, 2.24) is 15.3 Å². The van der Waals surface area contributed by atoms with Crippen LogP contribution in [0.3, 0.4) is 0 Å². The molecule has 2 aromatic heterocycles. The van der Waals surface area contributed by atoms with Gasteiger partial charge in [-0.15, -0.1) is 0 Å². The number of nitrogens with one attached hydrogen (secondary N) is 2. The van der Waals surface area contributed by atoms with Crippen LogP contribution in [0, 0.1) is 23.7 Å². The van der Waals surface area contributed by atoms with Crippen LogP contribution in [0.25, 0.3) is 17.1 Å². The number of aromatic nitrogens is 2. The molecule has 2 N–H and O–H groups in total. The molecule has 0 saturated heterocycles. The van der Waals surface area contributed by atoms with E-state index in [4.69, 9.17) is 4.74 Å². The van der Waals surface area contributed by atoms with Crippen molar-refractivity contribution < 1.29 is 4.74 Å². The Morgan fingerprint density at radius 2 is 1.92 bits per heavy atom. The zero-order valence-corrected chi connectivity index (χ0v) is 14.9. The SMILES string of the molecule is C(=C1CC=C(NC2C3CC4CC(C3)CC2C4)O1)c1c[nH]c2ncccc12. The van der Waals surface area contributed by atoms with Crippen molar-refractivity contribution in [3.05, 3.63) is 47.8 Å². The summed E-state index contributed by atoms with van der Waals surface area (Å²) in [5.74, 6) is 5.75. The lowest BCUT2D eigenvalue weighted by molar-refractivity contribution is -0.0146. The number of nitrogens with zero attached hydrogens (tertiary/aromatic N) is 1. The van der Waals surface area contributed by atoms with Crippen molar-refractivity contribution in [2.24, 2.45) is 23.7 Å². The van der Waals surface area contributed by atoms with Crippen molar-refractivity contribution in [3.63, 3.8) is 0 Å². The van der Waals surface area contributed by atoms with Gasteiger partial charge in [-0.3, -0.25) is 0 Å². The average molecular weight is 347 g/mol. The largest absolute Gasteiger partial charge is 0.446 e. The summed E-state index contributed by atoms with van der Waals surface area (Å²) in [5, 5.41) is 4.93. The molecule has 0 aromatic carbocycles. The van der Waals surface area contributed by atoms with E-state index < -0.39 is 0 Å². The molecule has 134 valence electrons. The van der Waals surface area contributed by atoms with E-state index in [1.807, 2.05) is 18.5 Å². The van der Waals surface area contributed by atoms with Crippen LogP contribution < -0.4 is 5.32 Å². The van der Waals surface area contributed by atoms with Crippen molar-refractivity contribution in [2.45, 2.75) is 44.6 Å². The van der Waals surface area contributed by atoms with Gasteiger partial charge < -0.3 is 15.0 Å². The molecule has 5 aliphatic rings. The van der Waals surface area contributed by atoms with Gasteiger partial charge in [-0.25, -0.2) is 4.98 Å². The Balaban J connectivity index is 1.17. The summed E-state index contributed by atoms with van der Waals surface area (Å²) in [7, 11) is 0. The molecule has 0 atom stereocenters. The van der Waals surface area contributed by atoms with Crippen molar-refractivity contribution in [3.8, 4) is 0 Å². The second-order valence-electron chi connectivity index (χ2n) is 8.73. The van der Waals surface area contributed by atoms with Crippen LogP contribution in [0.1, 0.15) is 44.1 Å². The van der Waals surface area contributed by atoms with Crippen LogP contribution in [0.5, 0.6) is 0 Å². The average Bonchev–Trinajstić information content (AvgIpc) is 3.25. The molecule has 4 nitrogen and oxygen atoms in total. The summed E-state index contributed by atoms with van der Waals surface area (Å²) in [6, 6.07) is 4.71. The normalized spacial score (nSPS) is 36.5. The van der Waals surface area contributed by atoms with Crippen LogP contribution >= 0.6 is 0 Å². The zero-order chi connectivity index (χ0) is 17.1. The Kier molecular flexibility index (Phi) is 3.23. The lowest BCUT2D eigenvalue weighted by Crippen LogP contribution is -2.54. The van der Waals surface area contributed by atoms with Gasteiger partial charge in [-0.1, -0.05) is 0 Å². The van der Waals surface area contributed by atoms with E-state index in [0.29, 0.717) is 6.04 Å². The van der Waals surface area contributed by atoms with Gasteiger partial charge >= 0.3 is 0 Å². The Hall–Kier alpha value is -2.23. The van der Waals surface area contributed by atoms with E-state index in [0.717, 1.165) is 58.3 Å². The number of hydrogen-bond acceptors (Lipinski definition) is 3. The van der Waals surface area contributed by atoms with Gasteiger partial charge in [-0.05, 0) is 80.1 Å². The lowest BCUT2D eigenvalue weighted by Gasteiger charge is -2.54. The minimum Gasteiger partial charge on any atom is -0.446 e. The number of rotatable bonds is 3. The van der Waals surface area contributed by atoms with Crippen LogP contribution in [0.2, 0.25) is 0 Å². The molecular weight excluding hydrogens is 322 g/mol. The maximum Gasteiger partial charge on any atom is 0.189 e. The van der Waals surface area contributed by atoms with Gasteiger partial charge in [0.25, 0.3) is 0 Å². The monoisotopic (exact) mass is 347 g/mol. The maximum absolute atomic E-state index is 6.17. The lowest BCUT2D eigenvalue weighted by atomic mass is 9.54. The highest BCUT2D eigenvalue weighted by molar-refractivity contribution is 5.86. The number of ether oxygens (including phenoxy) is 1. The molecule has 0 spiro atoms. The molecule has 3 heterocycles. The molecule has 26 heavy (non-hydrogen) atoms. The van der Waals surface area contributed by atoms with Crippen LogP contribution in [-0.2, 0) is 4.74 Å². The Morgan fingerprint density at radius 1 is 1.12 bits per heavy atom. The summed E-state index contributed by atoms with van der Waals surface area (Å²) in [5.41, 5.74) is 2.07. The predicted molar refractivity (Wildman–Crippen MR) is 102 cm³/mol. The van der Waals surface area contributed by atoms with E-state index in [1.165, 1.54) is 32.1 Å². The summed E-state index contributed by atoms with van der Waals surface area (Å²) >= 11 is 0. The molecule has 1 aliphatic heterocycles. The van der Waals surface area contributed by atoms with Crippen LogP contribution in [0.4, 0.5) is 0 Å². The summed E-state index contributed by atoms with van der Waals surface area (Å²) in [4.78, 5) is 7.59. The summed E-state index contributed by atoms with van der Waals surface area (Å²) < 4.78 is 6.17. The van der Waals surface area contributed by atoms with E-state index in [9.17, 15) is 0 Å². The number of H-pyrrole nitrogens is 1. The first-order valence-corrected chi connectivity index (χ1v) is 10.1. The topological polar surface area (TPSA) is 49.9 Å². The fourth-order valence-corrected chi connectivity index (χ4v) is 6.19. The van der Waals surface area contributed by atoms with E-state index in [1.54, 1.807) is 0 Å². The Labute approximate surface area is 153 Å². The minimum absolute atomic E-state index is 0.630. The van der Waals surface area contributed by atoms with Gasteiger partial charge in [0, 0.05) is 35.8 Å². The third kappa shape index (κ3) is 2.38. The van der Waals surface area contributed by atoms with Gasteiger partial charge in [0.05, 0.1) is 0 Å². The highest BCUT2D eigenvalue weighted by atomic mass is 16.5. The van der Waals surface area contributed by atoms with E-state index in [2.05, 4.69) is 33.5 Å². The molecule has 0 amide bonds. The van der Waals surface area contributed by atoms with Gasteiger partial charge in [-0.2, -0.15) is 0 Å². The van der Waals surface area contributed by atoms with Crippen LogP contribution in [0.15, 0.2) is 42.2 Å². The molecule has 4 heteroatoms. The summed E-state index contributed by atoms with van der Waals surface area (Å²) in [6.07, 6.45) is 16.3. The molecule has 4 bridgehead atoms. The van der Waals surface area contributed by atoms with Gasteiger partial charge in [0.1, 0.15) is 11.4 Å².